The topological polar surface area (TPSA) is 42.1 Å². The zero-order valence-corrected chi connectivity index (χ0v) is 19.5. The summed E-state index contributed by atoms with van der Waals surface area (Å²) < 4.78 is 6.72. The molecule has 1 fully saturated rings. The first-order chi connectivity index (χ1) is 12.2. The summed E-state index contributed by atoms with van der Waals surface area (Å²) in [5, 5.41) is 0.783. The number of hydrogen-bond donors (Lipinski definition) is 1. The van der Waals surface area contributed by atoms with E-state index in [4.69, 9.17) is 4.74 Å². The number of nitrogens with one attached hydrogen (secondary N) is 1. The molecule has 1 aliphatic rings. The second kappa shape index (κ2) is 7.93. The molecular formula is C19H26IN2O2S2+. The van der Waals surface area contributed by atoms with Gasteiger partial charge in [0.1, 0.15) is 5.75 Å². The Morgan fingerprint density at radius 2 is 2.12 bits per heavy atom. The van der Waals surface area contributed by atoms with Crippen molar-refractivity contribution in [3.8, 4) is 5.75 Å². The van der Waals surface area contributed by atoms with Crippen molar-refractivity contribution in [1.82, 2.24) is 4.98 Å². The fourth-order valence-corrected chi connectivity index (χ4v) is 5.36. The Hall–Kier alpha value is -0.380. The summed E-state index contributed by atoms with van der Waals surface area (Å²) in [4.78, 5) is 15.7. The minimum atomic E-state index is -0.242. The van der Waals surface area contributed by atoms with Gasteiger partial charge in [-0.15, -0.1) is 0 Å². The van der Waals surface area contributed by atoms with Crippen molar-refractivity contribution in [2.75, 3.05) is 20.6 Å². The van der Waals surface area contributed by atoms with Crippen molar-refractivity contribution in [3.63, 3.8) is 0 Å². The van der Waals surface area contributed by atoms with Crippen molar-refractivity contribution in [3.05, 3.63) is 30.0 Å². The highest BCUT2D eigenvalue weighted by Gasteiger charge is 2.39. The molecule has 0 saturated heterocycles. The summed E-state index contributed by atoms with van der Waals surface area (Å²) in [5.41, 5.74) is 2.21. The number of benzene rings is 1. The Balaban J connectivity index is 1.70. The summed E-state index contributed by atoms with van der Waals surface area (Å²) >= 11 is 2.42. The molecular weight excluding hydrogens is 479 g/mol. The minimum Gasteiger partial charge on any atom is -0.417 e. The first-order valence-corrected chi connectivity index (χ1v) is 12.0. The fourth-order valence-electron chi connectivity index (χ4n) is 2.98. The van der Waals surface area contributed by atoms with Gasteiger partial charge >= 0.3 is 5.30 Å². The minimum absolute atomic E-state index is 0.124. The molecule has 1 saturated carbocycles. The zero-order chi connectivity index (χ0) is 18.9. The standard InChI is InChI=1S/C19H26IN2O2S2/c1-19(2,14-8-9-14)26-25-18(23)24-16-7-5-6-15-17(16)13(12-21-15)10-11-22(3,4)20/h5-7,12,14,21H,8-11H2,1-4H3/q+1. The number of rotatable bonds is 7. The van der Waals surface area contributed by atoms with E-state index in [1.54, 1.807) is 10.8 Å². The molecule has 0 spiro atoms. The van der Waals surface area contributed by atoms with Gasteiger partial charge in [-0.3, -0.25) is 2.70 Å². The molecule has 0 unspecified atom stereocenters. The van der Waals surface area contributed by atoms with Gasteiger partial charge in [-0.2, -0.15) is 0 Å². The van der Waals surface area contributed by atoms with Gasteiger partial charge in [0, 0.05) is 39.1 Å². The van der Waals surface area contributed by atoms with Crippen molar-refractivity contribution in [2.45, 2.75) is 37.9 Å². The Morgan fingerprint density at radius 1 is 1.38 bits per heavy atom. The second-order valence-electron chi connectivity index (χ2n) is 7.90. The highest BCUT2D eigenvalue weighted by molar-refractivity contribution is 14.1. The van der Waals surface area contributed by atoms with Crippen molar-refractivity contribution in [1.29, 1.82) is 0 Å². The van der Waals surface area contributed by atoms with E-state index >= 15 is 0 Å². The largest absolute Gasteiger partial charge is 0.417 e. The van der Waals surface area contributed by atoms with Gasteiger partial charge in [-0.05, 0) is 50.3 Å². The molecule has 3 rings (SSSR count). The summed E-state index contributed by atoms with van der Waals surface area (Å²) in [6, 6.07) is 5.84. The van der Waals surface area contributed by atoms with Gasteiger partial charge in [0.2, 0.25) is 22.9 Å². The van der Waals surface area contributed by atoms with Crippen LogP contribution in [0.5, 0.6) is 5.75 Å². The molecule has 0 radical (unpaired) electrons. The lowest BCUT2D eigenvalue weighted by molar-refractivity contribution is -0.706. The maximum atomic E-state index is 12.4. The van der Waals surface area contributed by atoms with Crippen LogP contribution in [0, 0.1) is 5.92 Å². The van der Waals surface area contributed by atoms with E-state index in [-0.39, 0.29) is 10.0 Å². The highest BCUT2D eigenvalue weighted by atomic mass is 127. The molecule has 142 valence electrons. The SMILES string of the molecule is CC(C)(SSC(=O)Oc1cccc2[nH]cc(CC[N+](C)(C)I)c12)C1CC1. The first-order valence-electron chi connectivity index (χ1n) is 8.85. The van der Waals surface area contributed by atoms with E-state index in [1.807, 2.05) is 24.4 Å². The Kier molecular flexibility index (Phi) is 6.21. The van der Waals surface area contributed by atoms with Crippen LogP contribution in [0.2, 0.25) is 0 Å². The van der Waals surface area contributed by atoms with Gasteiger partial charge in [-0.25, -0.2) is 4.79 Å². The molecule has 1 heterocycles. The summed E-state index contributed by atoms with van der Waals surface area (Å²) in [6.07, 6.45) is 5.51. The third-order valence-electron chi connectivity index (χ3n) is 4.74. The number of nitrogens with zero attached hydrogens (tertiary/aromatic N) is 1. The third kappa shape index (κ3) is 5.33. The lowest BCUT2D eigenvalue weighted by Crippen LogP contribution is -2.29. The van der Waals surface area contributed by atoms with E-state index in [1.165, 1.54) is 29.2 Å². The molecule has 7 heteroatoms. The van der Waals surface area contributed by atoms with Crippen LogP contribution in [0.4, 0.5) is 4.79 Å². The van der Waals surface area contributed by atoms with Gasteiger partial charge in [-0.1, -0.05) is 16.9 Å². The molecule has 1 aliphatic carbocycles. The van der Waals surface area contributed by atoms with Crippen LogP contribution in [0.1, 0.15) is 32.3 Å². The van der Waals surface area contributed by atoms with E-state index in [9.17, 15) is 4.79 Å². The van der Waals surface area contributed by atoms with E-state index in [0.29, 0.717) is 5.75 Å². The lowest BCUT2D eigenvalue weighted by Gasteiger charge is -2.21. The number of aromatic nitrogens is 1. The number of fused-ring (bicyclic) bond motifs is 1. The summed E-state index contributed by atoms with van der Waals surface area (Å²) in [7, 11) is 7.20. The van der Waals surface area contributed by atoms with Crippen LogP contribution in [-0.4, -0.2) is 38.4 Å². The maximum Gasteiger partial charge on any atom is 0.383 e. The summed E-state index contributed by atoms with van der Waals surface area (Å²) in [6.45, 7) is 5.44. The summed E-state index contributed by atoms with van der Waals surface area (Å²) in [5.74, 6) is 1.38. The monoisotopic (exact) mass is 505 g/mol. The maximum absolute atomic E-state index is 12.4. The highest BCUT2D eigenvalue weighted by Crippen LogP contribution is 2.51. The van der Waals surface area contributed by atoms with E-state index in [2.05, 4.69) is 55.8 Å². The normalized spacial score (nSPS) is 15.4. The van der Waals surface area contributed by atoms with Crippen LogP contribution in [0.15, 0.2) is 24.4 Å². The molecule has 1 aromatic heterocycles. The third-order valence-corrected chi connectivity index (χ3v) is 8.24. The Bertz CT molecular complexity index is 794. The van der Waals surface area contributed by atoms with Crippen molar-refractivity contribution < 1.29 is 12.2 Å². The van der Waals surface area contributed by atoms with Crippen LogP contribution < -0.4 is 4.74 Å². The van der Waals surface area contributed by atoms with Crippen LogP contribution in [0.3, 0.4) is 0 Å². The van der Waals surface area contributed by atoms with Crippen LogP contribution in [-0.2, 0) is 6.42 Å². The van der Waals surface area contributed by atoms with Crippen LogP contribution in [0.25, 0.3) is 10.9 Å². The molecule has 0 atom stereocenters. The smallest absolute Gasteiger partial charge is 0.383 e. The average molecular weight is 505 g/mol. The number of carbonyl (C=O) groups excluding carboxylic acids is 1. The number of H-pyrrole nitrogens is 1. The molecule has 0 bridgehead atoms. The first kappa shape index (κ1) is 20.4. The predicted molar refractivity (Wildman–Crippen MR) is 121 cm³/mol. The lowest BCUT2D eigenvalue weighted by atomic mass is 10.1. The average Bonchev–Trinajstić information content (AvgIpc) is 3.33. The molecule has 1 N–H and O–H groups in total. The second-order valence-corrected chi connectivity index (χ2v) is 13.2. The quantitative estimate of drug-likeness (QED) is 0.210. The van der Waals surface area contributed by atoms with Crippen molar-refractivity contribution in [2.24, 2.45) is 5.92 Å². The van der Waals surface area contributed by atoms with Gasteiger partial charge in [0.25, 0.3) is 0 Å². The van der Waals surface area contributed by atoms with Crippen LogP contribution >= 0.6 is 44.5 Å². The molecule has 2 aromatic rings. The van der Waals surface area contributed by atoms with Gasteiger partial charge in [0.15, 0.2) is 0 Å². The number of hydrogen-bond acceptors (Lipinski definition) is 4. The van der Waals surface area contributed by atoms with Gasteiger partial charge < -0.3 is 9.72 Å². The van der Waals surface area contributed by atoms with E-state index < -0.39 is 0 Å². The number of carbonyl (C=O) groups is 1. The molecule has 1 aromatic carbocycles. The number of ether oxygens (including phenoxy) is 1. The number of halogens is 1. The Labute approximate surface area is 177 Å². The number of quaternary nitrogens is 1. The number of likely N-dealkylation sites (N-methyl/N-ethyl adjacent to an activating group) is 1. The molecule has 4 nitrogen and oxygen atoms in total. The zero-order valence-electron chi connectivity index (χ0n) is 15.7. The number of aromatic amines is 1. The molecule has 26 heavy (non-hydrogen) atoms. The Morgan fingerprint density at radius 3 is 2.77 bits per heavy atom. The van der Waals surface area contributed by atoms with Gasteiger partial charge in [0.05, 0.1) is 20.6 Å². The molecule has 0 aliphatic heterocycles. The molecule has 0 amide bonds. The fraction of sp³-hybridized carbons (Fsp3) is 0.526. The predicted octanol–water partition coefficient (Wildman–Crippen LogP) is 6.21. The van der Waals surface area contributed by atoms with E-state index in [0.717, 1.165) is 32.5 Å². The van der Waals surface area contributed by atoms with Crippen molar-refractivity contribution >= 4 is 60.7 Å².